The standard InChI is InChI=1S/C14H14N2O2S/c1-14(8-7-12(17)18-14)11-9-19-13(16-11)15-10-5-3-2-4-6-10/h2-6,9H,7-8H2,1H3,(H,15,16). The number of ether oxygens (including phenoxy) is 1. The highest BCUT2D eigenvalue weighted by molar-refractivity contribution is 7.13. The molecule has 1 fully saturated rings. The number of benzene rings is 1. The number of hydrogen-bond acceptors (Lipinski definition) is 5. The van der Waals surface area contributed by atoms with Crippen LogP contribution in [0.2, 0.25) is 0 Å². The van der Waals surface area contributed by atoms with E-state index in [1.165, 1.54) is 11.3 Å². The second-order valence-corrected chi connectivity index (χ2v) is 5.59. The minimum Gasteiger partial charge on any atom is -0.453 e. The highest BCUT2D eigenvalue weighted by atomic mass is 32.1. The van der Waals surface area contributed by atoms with Gasteiger partial charge in [0.1, 0.15) is 0 Å². The Kier molecular flexibility index (Phi) is 2.98. The van der Waals surface area contributed by atoms with Crippen LogP contribution in [0.25, 0.3) is 0 Å². The van der Waals surface area contributed by atoms with Crippen molar-refractivity contribution in [2.24, 2.45) is 0 Å². The maximum atomic E-state index is 11.3. The summed E-state index contributed by atoms with van der Waals surface area (Å²) in [5, 5.41) is 6.00. The van der Waals surface area contributed by atoms with Crippen molar-refractivity contribution < 1.29 is 9.53 Å². The van der Waals surface area contributed by atoms with E-state index in [0.717, 1.165) is 16.5 Å². The molecule has 1 aliphatic heterocycles. The molecule has 0 radical (unpaired) electrons. The van der Waals surface area contributed by atoms with Gasteiger partial charge in [-0.15, -0.1) is 11.3 Å². The molecule has 0 aliphatic carbocycles. The molecule has 19 heavy (non-hydrogen) atoms. The van der Waals surface area contributed by atoms with Crippen LogP contribution >= 0.6 is 11.3 Å². The molecule has 1 atom stereocenters. The maximum absolute atomic E-state index is 11.3. The minimum atomic E-state index is -0.565. The average Bonchev–Trinajstić information content (AvgIpc) is 2.99. The van der Waals surface area contributed by atoms with E-state index >= 15 is 0 Å². The monoisotopic (exact) mass is 274 g/mol. The molecule has 1 unspecified atom stereocenters. The van der Waals surface area contributed by atoms with Crippen LogP contribution in [0.15, 0.2) is 35.7 Å². The fourth-order valence-electron chi connectivity index (χ4n) is 2.09. The van der Waals surface area contributed by atoms with Gasteiger partial charge in [0.2, 0.25) is 0 Å². The van der Waals surface area contributed by atoms with Gasteiger partial charge in [-0.25, -0.2) is 4.98 Å². The van der Waals surface area contributed by atoms with Crippen molar-refractivity contribution in [3.63, 3.8) is 0 Å². The van der Waals surface area contributed by atoms with Crippen molar-refractivity contribution in [1.29, 1.82) is 0 Å². The molecular formula is C14H14N2O2S. The summed E-state index contributed by atoms with van der Waals surface area (Å²) in [4.78, 5) is 15.8. The van der Waals surface area contributed by atoms with Crippen molar-refractivity contribution in [2.75, 3.05) is 5.32 Å². The summed E-state index contributed by atoms with van der Waals surface area (Å²) in [6, 6.07) is 9.88. The Morgan fingerprint density at radius 1 is 1.37 bits per heavy atom. The van der Waals surface area contributed by atoms with Crippen LogP contribution in [0.4, 0.5) is 10.8 Å². The molecule has 0 bridgehead atoms. The van der Waals surface area contributed by atoms with Gasteiger partial charge in [-0.3, -0.25) is 4.79 Å². The molecule has 1 aromatic heterocycles. The Bertz CT molecular complexity index is 597. The molecule has 0 saturated carbocycles. The van der Waals surface area contributed by atoms with E-state index in [2.05, 4.69) is 10.3 Å². The number of aromatic nitrogens is 1. The fourth-order valence-corrected chi connectivity index (χ4v) is 2.95. The van der Waals surface area contributed by atoms with Gasteiger partial charge < -0.3 is 10.1 Å². The molecule has 1 aliphatic rings. The number of carbonyl (C=O) groups excluding carboxylic acids is 1. The summed E-state index contributed by atoms with van der Waals surface area (Å²) in [6.07, 6.45) is 1.16. The van der Waals surface area contributed by atoms with E-state index in [1.807, 2.05) is 42.6 Å². The van der Waals surface area contributed by atoms with Crippen molar-refractivity contribution in [3.05, 3.63) is 41.4 Å². The lowest BCUT2D eigenvalue weighted by Gasteiger charge is -2.19. The lowest BCUT2D eigenvalue weighted by Crippen LogP contribution is -2.21. The number of para-hydroxylation sites is 1. The Morgan fingerprint density at radius 3 is 2.84 bits per heavy atom. The number of esters is 1. The van der Waals surface area contributed by atoms with Crippen molar-refractivity contribution in [3.8, 4) is 0 Å². The molecule has 98 valence electrons. The van der Waals surface area contributed by atoms with Gasteiger partial charge in [-0.2, -0.15) is 0 Å². The molecule has 1 saturated heterocycles. The Hall–Kier alpha value is -1.88. The van der Waals surface area contributed by atoms with E-state index < -0.39 is 5.60 Å². The summed E-state index contributed by atoms with van der Waals surface area (Å²) in [7, 11) is 0. The lowest BCUT2D eigenvalue weighted by molar-refractivity contribution is -0.148. The van der Waals surface area contributed by atoms with E-state index in [4.69, 9.17) is 4.74 Å². The smallest absolute Gasteiger partial charge is 0.306 e. The highest BCUT2D eigenvalue weighted by Crippen LogP contribution is 2.37. The second kappa shape index (κ2) is 4.66. The zero-order valence-corrected chi connectivity index (χ0v) is 11.4. The summed E-state index contributed by atoms with van der Waals surface area (Å²) in [5.41, 5.74) is 1.25. The predicted octanol–water partition coefficient (Wildman–Crippen LogP) is 3.44. The third-order valence-electron chi connectivity index (χ3n) is 3.22. The molecular weight excluding hydrogens is 260 g/mol. The van der Waals surface area contributed by atoms with Gasteiger partial charge in [0.05, 0.1) is 5.69 Å². The first-order valence-corrected chi connectivity index (χ1v) is 7.04. The van der Waals surface area contributed by atoms with Gasteiger partial charge in [0, 0.05) is 23.9 Å². The zero-order chi connectivity index (χ0) is 13.3. The van der Waals surface area contributed by atoms with Crippen LogP contribution in [0.5, 0.6) is 0 Å². The average molecular weight is 274 g/mol. The molecule has 3 rings (SSSR count). The number of carbonyl (C=O) groups is 1. The van der Waals surface area contributed by atoms with Crippen LogP contribution < -0.4 is 5.32 Å². The van der Waals surface area contributed by atoms with Crippen LogP contribution in [0, 0.1) is 0 Å². The van der Waals surface area contributed by atoms with Crippen LogP contribution in [0.3, 0.4) is 0 Å². The van der Waals surface area contributed by atoms with Crippen molar-refractivity contribution >= 4 is 28.1 Å². The van der Waals surface area contributed by atoms with Gasteiger partial charge in [0.25, 0.3) is 0 Å². The third-order valence-corrected chi connectivity index (χ3v) is 3.97. The zero-order valence-electron chi connectivity index (χ0n) is 10.6. The van der Waals surface area contributed by atoms with Gasteiger partial charge in [-0.05, 0) is 19.1 Å². The number of nitrogens with zero attached hydrogens (tertiary/aromatic N) is 1. The summed E-state index contributed by atoms with van der Waals surface area (Å²) in [5.74, 6) is -0.145. The van der Waals surface area contributed by atoms with Crippen molar-refractivity contribution in [1.82, 2.24) is 4.98 Å². The summed E-state index contributed by atoms with van der Waals surface area (Å²) < 4.78 is 5.38. The molecule has 0 amide bonds. The SMILES string of the molecule is CC1(c2csc(Nc3ccccc3)n2)CCC(=O)O1. The molecule has 2 heterocycles. The number of nitrogens with one attached hydrogen (secondary N) is 1. The lowest BCUT2D eigenvalue weighted by atomic mass is 10.00. The van der Waals surface area contributed by atoms with E-state index in [-0.39, 0.29) is 5.97 Å². The van der Waals surface area contributed by atoms with Gasteiger partial charge in [0.15, 0.2) is 10.7 Å². The van der Waals surface area contributed by atoms with E-state index in [1.54, 1.807) is 0 Å². The molecule has 2 aromatic rings. The van der Waals surface area contributed by atoms with Crippen molar-refractivity contribution in [2.45, 2.75) is 25.4 Å². The molecule has 1 N–H and O–H groups in total. The number of thiazole rings is 1. The first kappa shape index (κ1) is 12.2. The molecule has 5 heteroatoms. The summed E-state index contributed by atoms with van der Waals surface area (Å²) >= 11 is 1.52. The van der Waals surface area contributed by atoms with Gasteiger partial charge in [-0.1, -0.05) is 18.2 Å². The third kappa shape index (κ3) is 2.46. The normalized spacial score (nSPS) is 22.3. The Labute approximate surface area is 115 Å². The topological polar surface area (TPSA) is 51.2 Å². The fraction of sp³-hybridized carbons (Fsp3) is 0.286. The molecule has 1 aromatic carbocycles. The maximum Gasteiger partial charge on any atom is 0.306 e. The molecule has 0 spiro atoms. The predicted molar refractivity (Wildman–Crippen MR) is 74.5 cm³/mol. The number of anilines is 2. The number of rotatable bonds is 3. The number of hydrogen-bond donors (Lipinski definition) is 1. The highest BCUT2D eigenvalue weighted by Gasteiger charge is 2.39. The van der Waals surface area contributed by atoms with E-state index in [0.29, 0.717) is 12.8 Å². The first-order valence-electron chi connectivity index (χ1n) is 6.16. The Morgan fingerprint density at radius 2 is 2.16 bits per heavy atom. The summed E-state index contributed by atoms with van der Waals surface area (Å²) in [6.45, 7) is 1.92. The van der Waals surface area contributed by atoms with Crippen LogP contribution in [-0.4, -0.2) is 11.0 Å². The van der Waals surface area contributed by atoms with E-state index in [9.17, 15) is 4.79 Å². The first-order chi connectivity index (χ1) is 9.16. The van der Waals surface area contributed by atoms with Crippen LogP contribution in [0.1, 0.15) is 25.5 Å². The quantitative estimate of drug-likeness (QED) is 0.871. The largest absolute Gasteiger partial charge is 0.453 e. The second-order valence-electron chi connectivity index (χ2n) is 4.73. The van der Waals surface area contributed by atoms with Gasteiger partial charge >= 0.3 is 5.97 Å². The number of cyclic esters (lactones) is 1. The minimum absolute atomic E-state index is 0.145. The Balaban J connectivity index is 1.78. The molecule has 4 nitrogen and oxygen atoms in total. The van der Waals surface area contributed by atoms with Crippen LogP contribution in [-0.2, 0) is 15.1 Å².